The summed E-state index contributed by atoms with van der Waals surface area (Å²) in [5.41, 5.74) is 0.818. The van der Waals surface area contributed by atoms with Crippen molar-refractivity contribution in [1.82, 2.24) is 5.32 Å². The lowest BCUT2D eigenvalue weighted by atomic mass is 10.2. The number of aryl methyl sites for hydroxylation is 1. The van der Waals surface area contributed by atoms with E-state index in [1.54, 1.807) is 12.1 Å². The Balaban J connectivity index is 2.68. The van der Waals surface area contributed by atoms with Crippen LogP contribution in [0.3, 0.4) is 0 Å². The highest BCUT2D eigenvalue weighted by molar-refractivity contribution is 7.91. The highest BCUT2D eigenvalue weighted by Crippen LogP contribution is 2.15. The maximum absolute atomic E-state index is 12.0. The number of hydrogen-bond donors (Lipinski definition) is 1. The molecule has 16 heavy (non-hydrogen) atoms. The van der Waals surface area contributed by atoms with Crippen molar-refractivity contribution in [2.75, 3.05) is 18.8 Å². The number of benzene rings is 1. The van der Waals surface area contributed by atoms with E-state index < -0.39 is 9.84 Å². The second-order valence-corrected chi connectivity index (χ2v) is 5.91. The minimum Gasteiger partial charge on any atom is -0.316 e. The molecule has 0 spiro atoms. The number of sulfone groups is 1. The molecule has 0 aromatic heterocycles. The van der Waals surface area contributed by atoms with Crippen LogP contribution in [0.15, 0.2) is 29.2 Å². The van der Waals surface area contributed by atoms with Crippen molar-refractivity contribution in [3.8, 4) is 0 Å². The number of nitrogens with one attached hydrogen (secondary N) is 1. The Hall–Kier alpha value is -0.870. The molecule has 1 aromatic rings. The molecule has 0 fully saturated rings. The van der Waals surface area contributed by atoms with Crippen molar-refractivity contribution >= 4 is 9.84 Å². The van der Waals surface area contributed by atoms with Gasteiger partial charge in [0.1, 0.15) is 0 Å². The van der Waals surface area contributed by atoms with E-state index in [0.717, 1.165) is 18.5 Å². The first kappa shape index (κ1) is 13.2. The molecule has 0 saturated heterocycles. The molecule has 1 aromatic carbocycles. The van der Waals surface area contributed by atoms with E-state index >= 15 is 0 Å². The van der Waals surface area contributed by atoms with Crippen LogP contribution in [0.4, 0.5) is 0 Å². The van der Waals surface area contributed by atoms with Crippen LogP contribution in [-0.4, -0.2) is 27.3 Å². The quantitative estimate of drug-likeness (QED) is 0.772. The average molecular weight is 241 g/mol. The molecule has 0 atom stereocenters. The second kappa shape index (κ2) is 6.01. The molecule has 0 unspecified atom stereocenters. The van der Waals surface area contributed by atoms with Gasteiger partial charge in [-0.15, -0.1) is 0 Å². The Morgan fingerprint density at radius 3 is 2.50 bits per heavy atom. The predicted molar refractivity (Wildman–Crippen MR) is 66.4 cm³/mol. The Morgan fingerprint density at radius 2 is 1.88 bits per heavy atom. The fraction of sp³-hybridized carbons (Fsp3) is 0.500. The summed E-state index contributed by atoms with van der Waals surface area (Å²) in [5, 5.41) is 3.10. The largest absolute Gasteiger partial charge is 0.316 e. The van der Waals surface area contributed by atoms with Gasteiger partial charge in [0.2, 0.25) is 0 Å². The first-order valence-corrected chi connectivity index (χ1v) is 7.22. The van der Waals surface area contributed by atoms with Crippen LogP contribution in [-0.2, 0) is 9.84 Å². The molecule has 4 heteroatoms. The van der Waals surface area contributed by atoms with Crippen LogP contribution < -0.4 is 5.32 Å². The molecule has 0 aliphatic heterocycles. The lowest BCUT2D eigenvalue weighted by molar-refractivity contribution is 0.590. The zero-order valence-electron chi connectivity index (χ0n) is 9.86. The first-order chi connectivity index (χ1) is 7.58. The normalized spacial score (nSPS) is 11.6. The first-order valence-electron chi connectivity index (χ1n) is 5.57. The van der Waals surface area contributed by atoms with Gasteiger partial charge in [-0.3, -0.25) is 0 Å². The zero-order valence-corrected chi connectivity index (χ0v) is 10.7. The molecule has 0 amide bonds. The lowest BCUT2D eigenvalue weighted by Crippen LogP contribution is -2.24. The van der Waals surface area contributed by atoms with Gasteiger partial charge < -0.3 is 5.32 Å². The van der Waals surface area contributed by atoms with Gasteiger partial charge in [-0.1, -0.05) is 25.1 Å². The fourth-order valence-electron chi connectivity index (χ4n) is 1.52. The Morgan fingerprint density at radius 1 is 1.19 bits per heavy atom. The molecule has 90 valence electrons. The smallest absolute Gasteiger partial charge is 0.179 e. The van der Waals surface area contributed by atoms with Crippen molar-refractivity contribution in [3.05, 3.63) is 29.8 Å². The van der Waals surface area contributed by atoms with Gasteiger partial charge in [0, 0.05) is 6.54 Å². The van der Waals surface area contributed by atoms with E-state index in [2.05, 4.69) is 12.2 Å². The summed E-state index contributed by atoms with van der Waals surface area (Å²) in [6.07, 6.45) is 1.02. The highest BCUT2D eigenvalue weighted by atomic mass is 32.2. The third-order valence-electron chi connectivity index (χ3n) is 2.40. The minimum atomic E-state index is -3.13. The Labute approximate surface area is 97.8 Å². The Bertz CT molecular complexity index is 426. The molecule has 1 N–H and O–H groups in total. The molecule has 0 saturated carbocycles. The SMILES string of the molecule is CCCNCCS(=O)(=O)c1ccccc1C. The van der Waals surface area contributed by atoms with E-state index in [1.165, 1.54) is 0 Å². The summed E-state index contributed by atoms with van der Waals surface area (Å²) in [7, 11) is -3.13. The molecule has 1 rings (SSSR count). The monoisotopic (exact) mass is 241 g/mol. The molecule has 0 heterocycles. The van der Waals surface area contributed by atoms with Crippen molar-refractivity contribution in [1.29, 1.82) is 0 Å². The van der Waals surface area contributed by atoms with Crippen molar-refractivity contribution in [2.45, 2.75) is 25.2 Å². The van der Waals surface area contributed by atoms with Crippen molar-refractivity contribution in [2.24, 2.45) is 0 Å². The topological polar surface area (TPSA) is 46.2 Å². The van der Waals surface area contributed by atoms with Crippen molar-refractivity contribution < 1.29 is 8.42 Å². The molecule has 0 radical (unpaired) electrons. The summed E-state index contributed by atoms with van der Waals surface area (Å²) in [6, 6.07) is 7.11. The summed E-state index contributed by atoms with van der Waals surface area (Å²) >= 11 is 0. The zero-order chi connectivity index (χ0) is 12.0. The third-order valence-corrected chi connectivity index (χ3v) is 4.27. The van der Waals surface area contributed by atoms with Gasteiger partial charge in [-0.05, 0) is 31.5 Å². The summed E-state index contributed by atoms with van der Waals surface area (Å²) in [4.78, 5) is 0.452. The van der Waals surface area contributed by atoms with Gasteiger partial charge in [0.05, 0.1) is 10.6 Å². The lowest BCUT2D eigenvalue weighted by Gasteiger charge is -2.07. The summed E-state index contributed by atoms with van der Waals surface area (Å²) < 4.78 is 24.0. The van der Waals surface area contributed by atoms with E-state index in [-0.39, 0.29) is 5.75 Å². The number of hydrogen-bond acceptors (Lipinski definition) is 3. The molecular formula is C12H19NO2S. The van der Waals surface area contributed by atoms with Gasteiger partial charge in [0.15, 0.2) is 9.84 Å². The standard InChI is InChI=1S/C12H19NO2S/c1-3-8-13-9-10-16(14,15)12-7-5-4-6-11(12)2/h4-7,13H,3,8-10H2,1-2H3. The summed E-state index contributed by atoms with van der Waals surface area (Å²) in [6.45, 7) is 5.27. The van der Waals surface area contributed by atoms with Crippen LogP contribution in [0, 0.1) is 6.92 Å². The predicted octanol–water partition coefficient (Wildman–Crippen LogP) is 1.77. The van der Waals surface area contributed by atoms with E-state index in [9.17, 15) is 8.42 Å². The molecule has 0 aliphatic rings. The number of rotatable bonds is 6. The maximum Gasteiger partial charge on any atom is 0.179 e. The third kappa shape index (κ3) is 3.61. The molecule has 3 nitrogen and oxygen atoms in total. The van der Waals surface area contributed by atoms with Crippen LogP contribution in [0.5, 0.6) is 0 Å². The minimum absolute atomic E-state index is 0.165. The van der Waals surface area contributed by atoms with Crippen molar-refractivity contribution in [3.63, 3.8) is 0 Å². The van der Waals surface area contributed by atoms with Crippen LogP contribution in [0.1, 0.15) is 18.9 Å². The van der Waals surface area contributed by atoms with E-state index in [4.69, 9.17) is 0 Å². The van der Waals surface area contributed by atoms with E-state index in [1.807, 2.05) is 19.1 Å². The Kier molecular flexibility index (Phi) is 4.96. The van der Waals surface area contributed by atoms with Crippen LogP contribution in [0.2, 0.25) is 0 Å². The van der Waals surface area contributed by atoms with Gasteiger partial charge in [-0.2, -0.15) is 0 Å². The summed E-state index contributed by atoms with van der Waals surface area (Å²) in [5.74, 6) is 0.165. The van der Waals surface area contributed by atoms with Gasteiger partial charge in [0.25, 0.3) is 0 Å². The molecule has 0 aliphatic carbocycles. The average Bonchev–Trinajstić information content (AvgIpc) is 2.25. The molecule has 0 bridgehead atoms. The van der Waals surface area contributed by atoms with Gasteiger partial charge >= 0.3 is 0 Å². The van der Waals surface area contributed by atoms with E-state index in [0.29, 0.717) is 11.4 Å². The highest BCUT2D eigenvalue weighted by Gasteiger charge is 2.15. The second-order valence-electron chi connectivity index (χ2n) is 3.83. The fourth-order valence-corrected chi connectivity index (χ4v) is 3.00. The molecular weight excluding hydrogens is 222 g/mol. The van der Waals surface area contributed by atoms with Gasteiger partial charge in [-0.25, -0.2) is 8.42 Å². The van der Waals surface area contributed by atoms with Crippen LogP contribution >= 0.6 is 0 Å². The maximum atomic E-state index is 12.0. The van der Waals surface area contributed by atoms with Crippen LogP contribution in [0.25, 0.3) is 0 Å².